The number of aromatic nitrogens is 1. The van der Waals surface area contributed by atoms with Crippen molar-refractivity contribution in [3.05, 3.63) is 59.4 Å². The summed E-state index contributed by atoms with van der Waals surface area (Å²) in [5, 5.41) is 8.80. The number of aliphatic hydroxyl groups excluding tert-OH is 1. The highest BCUT2D eigenvalue weighted by Crippen LogP contribution is 2.29. The summed E-state index contributed by atoms with van der Waals surface area (Å²) < 4.78 is 0. The van der Waals surface area contributed by atoms with Gasteiger partial charge in [0.05, 0.1) is 16.8 Å². The number of hydrogen-bond donors (Lipinski definition) is 1. The number of imide groups is 1. The summed E-state index contributed by atoms with van der Waals surface area (Å²) in [5.74, 6) is 4.46. The summed E-state index contributed by atoms with van der Waals surface area (Å²) in [6.45, 7) is -0.291. The lowest BCUT2D eigenvalue weighted by atomic mass is 10.1. The maximum Gasteiger partial charge on any atom is 0.267 e. The Morgan fingerprint density at radius 2 is 1.86 bits per heavy atom. The molecule has 1 aliphatic rings. The number of para-hydroxylation sites is 1. The minimum Gasteiger partial charge on any atom is -0.384 e. The highest BCUT2D eigenvalue weighted by Gasteiger charge is 2.37. The van der Waals surface area contributed by atoms with Crippen LogP contribution < -0.4 is 4.90 Å². The molecule has 3 rings (SSSR count). The van der Waals surface area contributed by atoms with Crippen LogP contribution in [-0.2, 0) is 0 Å². The molecule has 0 aliphatic carbocycles. The van der Waals surface area contributed by atoms with Crippen molar-refractivity contribution in [2.45, 2.75) is 0 Å². The van der Waals surface area contributed by atoms with E-state index in [1.807, 2.05) is 0 Å². The molecule has 0 unspecified atom stereocenters. The third kappa shape index (κ3) is 2.08. The molecule has 2 aromatic rings. The van der Waals surface area contributed by atoms with Gasteiger partial charge < -0.3 is 5.11 Å². The third-order valence-corrected chi connectivity index (χ3v) is 3.14. The van der Waals surface area contributed by atoms with Gasteiger partial charge >= 0.3 is 0 Å². The smallest absolute Gasteiger partial charge is 0.267 e. The lowest BCUT2D eigenvalue weighted by Gasteiger charge is -2.15. The molecule has 0 atom stereocenters. The van der Waals surface area contributed by atoms with Gasteiger partial charge in [-0.3, -0.25) is 14.6 Å². The van der Waals surface area contributed by atoms with E-state index in [4.69, 9.17) is 5.11 Å². The summed E-state index contributed by atoms with van der Waals surface area (Å²) in [5.41, 5.74) is 1.53. The molecule has 0 fully saturated rings. The van der Waals surface area contributed by atoms with E-state index in [-0.39, 0.29) is 12.2 Å². The minimum atomic E-state index is -0.415. The van der Waals surface area contributed by atoms with Gasteiger partial charge in [-0.15, -0.1) is 0 Å². The Kier molecular flexibility index (Phi) is 3.22. The van der Waals surface area contributed by atoms with Gasteiger partial charge in [-0.1, -0.05) is 24.0 Å². The highest BCUT2D eigenvalue weighted by atomic mass is 16.2. The number of hydrogen-bond acceptors (Lipinski definition) is 4. The molecular weight excluding hydrogens is 268 g/mol. The molecule has 1 aliphatic heterocycles. The van der Waals surface area contributed by atoms with Crippen molar-refractivity contribution >= 4 is 17.5 Å². The average molecular weight is 278 g/mol. The summed E-state index contributed by atoms with van der Waals surface area (Å²) >= 11 is 0. The standard InChI is InChI=1S/C16H10N2O3/c19-9-3-5-11-4-1-2-6-14(11)18-15(20)12-7-8-17-10-13(12)16(18)21/h1-2,4,6-8,10,19H,9H2. The van der Waals surface area contributed by atoms with Crippen LogP contribution in [0, 0.1) is 11.8 Å². The van der Waals surface area contributed by atoms with Gasteiger partial charge in [0.1, 0.15) is 6.61 Å². The van der Waals surface area contributed by atoms with E-state index < -0.39 is 11.8 Å². The monoisotopic (exact) mass is 278 g/mol. The fourth-order valence-electron chi connectivity index (χ4n) is 2.21. The van der Waals surface area contributed by atoms with Crippen molar-refractivity contribution in [2.24, 2.45) is 0 Å². The molecule has 0 radical (unpaired) electrons. The first-order chi connectivity index (χ1) is 10.2. The largest absolute Gasteiger partial charge is 0.384 e. The minimum absolute atomic E-state index is 0.285. The van der Waals surface area contributed by atoms with Gasteiger partial charge in [0, 0.05) is 18.0 Å². The number of aliphatic hydroxyl groups is 1. The fraction of sp³-hybridized carbons (Fsp3) is 0.0625. The maximum atomic E-state index is 12.4. The van der Waals surface area contributed by atoms with Gasteiger partial charge in [-0.2, -0.15) is 0 Å². The summed E-state index contributed by atoms with van der Waals surface area (Å²) in [6, 6.07) is 8.35. The molecule has 5 heteroatoms. The lowest BCUT2D eigenvalue weighted by Crippen LogP contribution is -2.30. The number of amides is 2. The van der Waals surface area contributed by atoms with E-state index in [9.17, 15) is 9.59 Å². The van der Waals surface area contributed by atoms with Crippen molar-refractivity contribution in [2.75, 3.05) is 11.5 Å². The van der Waals surface area contributed by atoms with Crippen LogP contribution in [-0.4, -0.2) is 28.5 Å². The molecule has 0 saturated heterocycles. The van der Waals surface area contributed by atoms with E-state index >= 15 is 0 Å². The Morgan fingerprint density at radius 3 is 2.62 bits per heavy atom. The SMILES string of the molecule is O=C1c2ccncc2C(=O)N1c1ccccc1C#CCO. The molecule has 0 bridgehead atoms. The number of carbonyl (C=O) groups is 2. The first-order valence-corrected chi connectivity index (χ1v) is 6.25. The Bertz CT molecular complexity index is 767. The number of anilines is 1. The average Bonchev–Trinajstić information content (AvgIpc) is 2.78. The maximum absolute atomic E-state index is 12.4. The summed E-state index contributed by atoms with van der Waals surface area (Å²) in [4.78, 5) is 29.8. The normalized spacial score (nSPS) is 12.9. The molecule has 0 spiro atoms. The predicted octanol–water partition coefficient (Wildman–Crippen LogP) is 1.23. The van der Waals surface area contributed by atoms with Gasteiger partial charge in [0.2, 0.25) is 0 Å². The number of fused-ring (bicyclic) bond motifs is 1. The topological polar surface area (TPSA) is 70.5 Å². The Hall–Kier alpha value is -2.97. The van der Waals surface area contributed by atoms with Crippen LogP contribution in [0.1, 0.15) is 26.3 Å². The van der Waals surface area contributed by atoms with Crippen LogP contribution in [0.4, 0.5) is 5.69 Å². The van der Waals surface area contributed by atoms with Crippen LogP contribution in [0.25, 0.3) is 0 Å². The number of nitrogens with zero attached hydrogens (tertiary/aromatic N) is 2. The molecule has 2 heterocycles. The van der Waals surface area contributed by atoms with Gasteiger partial charge in [0.25, 0.3) is 11.8 Å². The predicted molar refractivity (Wildman–Crippen MR) is 75.8 cm³/mol. The van der Waals surface area contributed by atoms with Crippen molar-refractivity contribution in [1.29, 1.82) is 0 Å². The molecule has 1 aromatic carbocycles. The molecule has 2 amide bonds. The van der Waals surface area contributed by atoms with E-state index in [0.717, 1.165) is 4.90 Å². The molecule has 5 nitrogen and oxygen atoms in total. The number of carbonyl (C=O) groups excluding carboxylic acids is 2. The van der Waals surface area contributed by atoms with E-state index in [1.54, 1.807) is 24.3 Å². The summed E-state index contributed by atoms with van der Waals surface area (Å²) in [6.07, 6.45) is 2.86. The Labute approximate surface area is 120 Å². The van der Waals surface area contributed by atoms with Crippen molar-refractivity contribution in [1.82, 2.24) is 4.98 Å². The second-order valence-corrected chi connectivity index (χ2v) is 4.34. The van der Waals surface area contributed by atoms with Crippen LogP contribution >= 0.6 is 0 Å². The van der Waals surface area contributed by atoms with Crippen LogP contribution in [0.5, 0.6) is 0 Å². The second kappa shape index (κ2) is 5.19. The molecule has 102 valence electrons. The highest BCUT2D eigenvalue weighted by molar-refractivity contribution is 6.34. The van der Waals surface area contributed by atoms with Crippen LogP contribution in [0.2, 0.25) is 0 Å². The van der Waals surface area contributed by atoms with Gasteiger partial charge in [-0.05, 0) is 18.2 Å². The zero-order valence-electron chi connectivity index (χ0n) is 10.9. The molecule has 1 N–H and O–H groups in total. The van der Waals surface area contributed by atoms with Gasteiger partial charge in [-0.25, -0.2) is 4.90 Å². The third-order valence-electron chi connectivity index (χ3n) is 3.14. The quantitative estimate of drug-likeness (QED) is 0.629. The van der Waals surface area contributed by atoms with Crippen LogP contribution in [0.15, 0.2) is 42.7 Å². The van der Waals surface area contributed by atoms with Crippen molar-refractivity contribution in [3.8, 4) is 11.8 Å². The fourth-order valence-corrected chi connectivity index (χ4v) is 2.21. The Balaban J connectivity index is 2.12. The molecular formula is C16H10N2O3. The summed E-state index contributed by atoms with van der Waals surface area (Å²) in [7, 11) is 0. The van der Waals surface area contributed by atoms with Crippen molar-refractivity contribution in [3.63, 3.8) is 0 Å². The molecule has 1 aromatic heterocycles. The van der Waals surface area contributed by atoms with E-state index in [2.05, 4.69) is 16.8 Å². The lowest BCUT2D eigenvalue weighted by molar-refractivity contribution is 0.0926. The molecule has 21 heavy (non-hydrogen) atoms. The van der Waals surface area contributed by atoms with Gasteiger partial charge in [0.15, 0.2) is 0 Å². The van der Waals surface area contributed by atoms with E-state index in [0.29, 0.717) is 16.8 Å². The van der Waals surface area contributed by atoms with Crippen molar-refractivity contribution < 1.29 is 14.7 Å². The Morgan fingerprint density at radius 1 is 1.10 bits per heavy atom. The van der Waals surface area contributed by atoms with E-state index in [1.165, 1.54) is 18.5 Å². The molecule has 0 saturated carbocycles. The second-order valence-electron chi connectivity index (χ2n) is 4.34. The zero-order chi connectivity index (χ0) is 14.8. The number of benzene rings is 1. The van der Waals surface area contributed by atoms with Crippen LogP contribution in [0.3, 0.4) is 0 Å². The number of pyridine rings is 1. The first kappa shape index (κ1) is 13.0. The zero-order valence-corrected chi connectivity index (χ0v) is 10.9. The number of rotatable bonds is 1. The first-order valence-electron chi connectivity index (χ1n) is 6.25.